The van der Waals surface area contributed by atoms with Crippen molar-refractivity contribution in [2.24, 2.45) is 0 Å². The number of benzene rings is 1. The number of nitrogens with one attached hydrogen (secondary N) is 1. The molecule has 1 N–H and O–H groups in total. The van der Waals surface area contributed by atoms with Crippen molar-refractivity contribution in [2.45, 2.75) is 44.7 Å². The normalized spacial score (nSPS) is 23.1. The van der Waals surface area contributed by atoms with E-state index in [9.17, 15) is 0 Å². The Morgan fingerprint density at radius 3 is 2.65 bits per heavy atom. The summed E-state index contributed by atoms with van der Waals surface area (Å²) in [6.07, 6.45) is 6.27. The van der Waals surface area contributed by atoms with Crippen LogP contribution in [0, 0.1) is 6.92 Å². The highest BCUT2D eigenvalue weighted by Crippen LogP contribution is 2.39. The van der Waals surface area contributed by atoms with Gasteiger partial charge in [0.1, 0.15) is 0 Å². The van der Waals surface area contributed by atoms with Crippen molar-refractivity contribution >= 4 is 0 Å². The summed E-state index contributed by atoms with van der Waals surface area (Å²) in [6, 6.07) is 13.9. The highest BCUT2D eigenvalue weighted by atomic mass is 15.0. The van der Waals surface area contributed by atoms with Crippen LogP contribution in [0.1, 0.15) is 48.4 Å². The summed E-state index contributed by atoms with van der Waals surface area (Å²) in [5.74, 6) is 0.731. The predicted molar refractivity (Wildman–Crippen MR) is 82.7 cm³/mol. The third kappa shape index (κ3) is 2.75. The molecule has 2 nitrogen and oxygen atoms in total. The van der Waals surface area contributed by atoms with E-state index in [-0.39, 0.29) is 0 Å². The lowest BCUT2D eigenvalue weighted by Crippen LogP contribution is -2.41. The van der Waals surface area contributed by atoms with Crippen LogP contribution in [0.25, 0.3) is 0 Å². The van der Waals surface area contributed by atoms with E-state index in [4.69, 9.17) is 0 Å². The van der Waals surface area contributed by atoms with Gasteiger partial charge in [-0.2, -0.15) is 0 Å². The first-order valence-corrected chi connectivity index (χ1v) is 7.45. The minimum atomic E-state index is 0.381. The van der Waals surface area contributed by atoms with Crippen molar-refractivity contribution < 1.29 is 0 Å². The number of pyridine rings is 1. The van der Waals surface area contributed by atoms with E-state index in [1.54, 1.807) is 0 Å². The van der Waals surface area contributed by atoms with Crippen molar-refractivity contribution in [2.75, 3.05) is 0 Å². The molecule has 2 heteroatoms. The highest BCUT2D eigenvalue weighted by Gasteiger charge is 2.31. The van der Waals surface area contributed by atoms with Gasteiger partial charge in [0.05, 0.1) is 0 Å². The van der Waals surface area contributed by atoms with Crippen molar-refractivity contribution in [1.29, 1.82) is 0 Å². The first-order valence-electron chi connectivity index (χ1n) is 7.45. The molecule has 0 unspecified atom stereocenters. The molecule has 0 spiro atoms. The van der Waals surface area contributed by atoms with Gasteiger partial charge in [-0.05, 0) is 55.4 Å². The van der Waals surface area contributed by atoms with E-state index in [0.717, 1.165) is 5.92 Å². The smallest absolute Gasteiger partial charge is 0.0315 e. The Bertz CT molecular complexity index is 559. The molecular weight excluding hydrogens is 244 g/mol. The topological polar surface area (TPSA) is 24.9 Å². The third-order valence-electron chi connectivity index (χ3n) is 4.44. The molecule has 0 amide bonds. The van der Waals surface area contributed by atoms with Crippen LogP contribution in [-0.2, 0) is 0 Å². The van der Waals surface area contributed by atoms with E-state index in [0.29, 0.717) is 12.1 Å². The lowest BCUT2D eigenvalue weighted by molar-refractivity contribution is 0.270. The molecule has 1 fully saturated rings. The molecule has 0 radical (unpaired) electrons. The zero-order chi connectivity index (χ0) is 13.9. The van der Waals surface area contributed by atoms with Crippen molar-refractivity contribution in [1.82, 2.24) is 10.3 Å². The molecule has 1 aromatic carbocycles. The molecule has 0 bridgehead atoms. The van der Waals surface area contributed by atoms with Gasteiger partial charge in [-0.1, -0.05) is 30.3 Å². The number of hydrogen-bond acceptors (Lipinski definition) is 2. The SMILES string of the molecule is Cc1ccccc1C1CC(N[C@H](C)c2cccnc2)C1. The van der Waals surface area contributed by atoms with E-state index in [1.165, 1.54) is 29.5 Å². The van der Waals surface area contributed by atoms with Crippen LogP contribution in [-0.4, -0.2) is 11.0 Å². The van der Waals surface area contributed by atoms with E-state index in [1.807, 2.05) is 18.5 Å². The van der Waals surface area contributed by atoms with Gasteiger partial charge in [-0.15, -0.1) is 0 Å². The summed E-state index contributed by atoms with van der Waals surface area (Å²) >= 11 is 0. The van der Waals surface area contributed by atoms with Crippen LogP contribution in [0.2, 0.25) is 0 Å². The van der Waals surface area contributed by atoms with Gasteiger partial charge < -0.3 is 5.32 Å². The summed E-state index contributed by atoms with van der Waals surface area (Å²) in [5.41, 5.74) is 4.22. The average molecular weight is 266 g/mol. The largest absolute Gasteiger partial charge is 0.307 e. The molecule has 1 atom stereocenters. The standard InChI is InChI=1S/C18H22N2/c1-13-6-3-4-8-18(13)16-10-17(11-16)20-14(2)15-7-5-9-19-12-15/h3-9,12,14,16-17,20H,10-11H2,1-2H3/t14-,16?,17?/m1/s1. The number of hydrogen-bond donors (Lipinski definition) is 1. The molecule has 20 heavy (non-hydrogen) atoms. The molecule has 1 aliphatic carbocycles. The highest BCUT2D eigenvalue weighted by molar-refractivity contribution is 5.31. The molecule has 3 rings (SSSR count). The Morgan fingerprint density at radius 1 is 1.15 bits per heavy atom. The number of nitrogens with zero attached hydrogens (tertiary/aromatic N) is 1. The van der Waals surface area contributed by atoms with Crippen molar-refractivity contribution in [3.05, 3.63) is 65.5 Å². The molecule has 0 aliphatic heterocycles. The minimum absolute atomic E-state index is 0.381. The van der Waals surface area contributed by atoms with Crippen molar-refractivity contribution in [3.63, 3.8) is 0 Å². The molecule has 2 aromatic rings. The van der Waals surface area contributed by atoms with Crippen LogP contribution in [0.3, 0.4) is 0 Å². The lowest BCUT2D eigenvalue weighted by atomic mass is 9.74. The zero-order valence-electron chi connectivity index (χ0n) is 12.2. The van der Waals surface area contributed by atoms with Crippen LogP contribution in [0.5, 0.6) is 0 Å². The summed E-state index contributed by atoms with van der Waals surface area (Å²) in [6.45, 7) is 4.44. The summed E-state index contributed by atoms with van der Waals surface area (Å²) in [7, 11) is 0. The van der Waals surface area contributed by atoms with Gasteiger partial charge in [0, 0.05) is 24.5 Å². The Labute approximate surface area is 121 Å². The number of aromatic nitrogens is 1. The zero-order valence-corrected chi connectivity index (χ0v) is 12.2. The quantitative estimate of drug-likeness (QED) is 0.905. The summed E-state index contributed by atoms with van der Waals surface area (Å²) < 4.78 is 0. The fraction of sp³-hybridized carbons (Fsp3) is 0.389. The molecule has 1 heterocycles. The van der Waals surface area contributed by atoms with Gasteiger partial charge >= 0.3 is 0 Å². The maximum Gasteiger partial charge on any atom is 0.0315 e. The Kier molecular flexibility index (Phi) is 3.83. The average Bonchev–Trinajstić information content (AvgIpc) is 2.44. The van der Waals surface area contributed by atoms with Gasteiger partial charge in [-0.3, -0.25) is 4.98 Å². The number of rotatable bonds is 4. The first-order chi connectivity index (χ1) is 9.74. The second-order valence-corrected chi connectivity index (χ2v) is 5.90. The fourth-order valence-electron chi connectivity index (χ4n) is 3.13. The van der Waals surface area contributed by atoms with E-state index >= 15 is 0 Å². The van der Waals surface area contributed by atoms with Crippen LogP contribution >= 0.6 is 0 Å². The minimum Gasteiger partial charge on any atom is -0.307 e. The van der Waals surface area contributed by atoms with Crippen LogP contribution in [0.15, 0.2) is 48.8 Å². The van der Waals surface area contributed by atoms with Crippen LogP contribution in [0.4, 0.5) is 0 Å². The van der Waals surface area contributed by atoms with Gasteiger partial charge in [0.15, 0.2) is 0 Å². The Balaban J connectivity index is 1.55. The van der Waals surface area contributed by atoms with Crippen molar-refractivity contribution in [3.8, 4) is 0 Å². The van der Waals surface area contributed by atoms with Gasteiger partial charge in [0.25, 0.3) is 0 Å². The molecule has 1 aliphatic rings. The fourth-order valence-corrected chi connectivity index (χ4v) is 3.13. The molecule has 0 saturated heterocycles. The maximum atomic E-state index is 4.19. The van der Waals surface area contributed by atoms with Crippen LogP contribution < -0.4 is 5.32 Å². The first kappa shape index (κ1) is 13.3. The lowest BCUT2D eigenvalue weighted by Gasteiger charge is -2.38. The van der Waals surface area contributed by atoms with Gasteiger partial charge in [-0.25, -0.2) is 0 Å². The second kappa shape index (κ2) is 5.76. The Morgan fingerprint density at radius 2 is 1.95 bits per heavy atom. The second-order valence-electron chi connectivity index (χ2n) is 5.90. The molecular formula is C18H22N2. The van der Waals surface area contributed by atoms with E-state index in [2.05, 4.69) is 54.5 Å². The predicted octanol–water partition coefficient (Wildman–Crippen LogP) is 3.99. The third-order valence-corrected chi connectivity index (χ3v) is 4.44. The summed E-state index contributed by atoms with van der Waals surface area (Å²) in [5, 5.41) is 3.71. The summed E-state index contributed by atoms with van der Waals surface area (Å²) in [4.78, 5) is 4.19. The molecule has 1 saturated carbocycles. The molecule has 104 valence electrons. The number of aryl methyl sites for hydroxylation is 1. The monoisotopic (exact) mass is 266 g/mol. The maximum absolute atomic E-state index is 4.19. The Hall–Kier alpha value is -1.67. The molecule has 1 aromatic heterocycles. The van der Waals surface area contributed by atoms with E-state index < -0.39 is 0 Å². The van der Waals surface area contributed by atoms with Gasteiger partial charge in [0.2, 0.25) is 0 Å².